The Morgan fingerprint density at radius 2 is 2.07 bits per heavy atom. The number of hydrogen-bond donors (Lipinski definition) is 2. The van der Waals surface area contributed by atoms with Crippen molar-refractivity contribution in [2.45, 2.75) is 0 Å². The minimum absolute atomic E-state index is 0.148. The number of hydrogen-bond acceptors (Lipinski definition) is 5. The maximum atomic E-state index is 10.8. The molecule has 0 aromatic carbocycles. The van der Waals surface area contributed by atoms with Gasteiger partial charge in [0.25, 0.3) is 0 Å². The summed E-state index contributed by atoms with van der Waals surface area (Å²) < 4.78 is 10.1. The van der Waals surface area contributed by atoms with Crippen molar-refractivity contribution in [1.29, 1.82) is 0 Å². The maximum Gasteiger partial charge on any atom is 0.248 e. The normalized spacial score (nSPS) is 9.60. The fraction of sp³-hybridized carbons (Fsp3) is 0.667. The van der Waals surface area contributed by atoms with Gasteiger partial charge in [0, 0.05) is 6.54 Å². The Bertz CT molecular complexity index is 203. The van der Waals surface area contributed by atoms with E-state index in [2.05, 4.69) is 16.1 Å². The fourth-order valence-corrected chi connectivity index (χ4v) is 0.740. The molecule has 0 aromatic rings. The molecule has 3 N–H and O–H groups in total. The lowest BCUT2D eigenvalue weighted by atomic mass is 10.6. The van der Waals surface area contributed by atoms with E-state index in [0.717, 1.165) is 0 Å². The molecule has 0 atom stereocenters. The first-order valence-corrected chi connectivity index (χ1v) is 4.48. The Balaban J connectivity index is 3.05. The molecule has 1 amide bonds. The Morgan fingerprint density at radius 1 is 1.33 bits per heavy atom. The predicted octanol–water partition coefficient (Wildman–Crippen LogP) is -1.34. The van der Waals surface area contributed by atoms with Crippen molar-refractivity contribution in [2.24, 2.45) is 5.90 Å². The number of nitrogens with one attached hydrogen (secondary N) is 1. The number of nitrogens with two attached hydrogens (primary N) is 1. The van der Waals surface area contributed by atoms with Crippen LogP contribution in [-0.2, 0) is 19.1 Å². The molecule has 0 bridgehead atoms. The van der Waals surface area contributed by atoms with E-state index < -0.39 is 0 Å². The van der Waals surface area contributed by atoms with Crippen molar-refractivity contribution in [3.8, 4) is 12.3 Å². The van der Waals surface area contributed by atoms with Gasteiger partial charge in [-0.25, -0.2) is 5.90 Å². The molecule has 0 saturated carbocycles. The maximum absolute atomic E-state index is 10.8. The minimum Gasteiger partial charge on any atom is -0.377 e. The van der Waals surface area contributed by atoms with Gasteiger partial charge < -0.3 is 14.8 Å². The van der Waals surface area contributed by atoms with Crippen LogP contribution in [0.15, 0.2) is 0 Å². The van der Waals surface area contributed by atoms with Crippen LogP contribution < -0.4 is 11.2 Å². The van der Waals surface area contributed by atoms with Gasteiger partial charge in [0.15, 0.2) is 0 Å². The van der Waals surface area contributed by atoms with Gasteiger partial charge in [-0.05, 0) is 0 Å². The molecule has 0 spiro atoms. The summed E-state index contributed by atoms with van der Waals surface area (Å²) in [5, 5.41) is 2.54. The highest BCUT2D eigenvalue weighted by Crippen LogP contribution is 1.77. The van der Waals surface area contributed by atoms with E-state index in [0.29, 0.717) is 26.4 Å². The van der Waals surface area contributed by atoms with Crippen molar-refractivity contribution >= 4 is 5.91 Å². The van der Waals surface area contributed by atoms with Crippen LogP contribution in [-0.4, -0.2) is 45.5 Å². The predicted molar refractivity (Wildman–Crippen MR) is 53.6 cm³/mol. The summed E-state index contributed by atoms with van der Waals surface area (Å²) in [5.41, 5.74) is 0. The quantitative estimate of drug-likeness (QED) is 0.283. The van der Waals surface area contributed by atoms with Crippen molar-refractivity contribution in [3.05, 3.63) is 0 Å². The van der Waals surface area contributed by atoms with Crippen LogP contribution in [0.3, 0.4) is 0 Å². The van der Waals surface area contributed by atoms with Gasteiger partial charge in [-0.3, -0.25) is 9.63 Å². The molecule has 0 saturated heterocycles. The van der Waals surface area contributed by atoms with E-state index in [1.807, 2.05) is 0 Å². The van der Waals surface area contributed by atoms with Crippen molar-refractivity contribution in [2.75, 3.05) is 39.6 Å². The molecule has 0 heterocycles. The molecule has 0 rings (SSSR count). The summed E-state index contributed by atoms with van der Waals surface area (Å²) in [4.78, 5) is 14.9. The Hall–Kier alpha value is -1.13. The second kappa shape index (κ2) is 10.9. The van der Waals surface area contributed by atoms with Crippen molar-refractivity contribution < 1.29 is 19.1 Å². The third kappa shape index (κ3) is 10.8. The van der Waals surface area contributed by atoms with E-state index in [9.17, 15) is 4.79 Å². The molecule has 6 nitrogen and oxygen atoms in total. The van der Waals surface area contributed by atoms with Gasteiger partial charge >= 0.3 is 0 Å². The van der Waals surface area contributed by atoms with Crippen LogP contribution in [0.2, 0.25) is 0 Å². The topological polar surface area (TPSA) is 82.8 Å². The average Bonchev–Trinajstić information content (AvgIpc) is 2.22. The largest absolute Gasteiger partial charge is 0.377 e. The highest BCUT2D eigenvalue weighted by atomic mass is 16.6. The van der Waals surface area contributed by atoms with Crippen LogP contribution in [0.25, 0.3) is 0 Å². The van der Waals surface area contributed by atoms with E-state index in [1.165, 1.54) is 0 Å². The zero-order valence-electron chi connectivity index (χ0n) is 8.53. The average molecular weight is 216 g/mol. The summed E-state index contributed by atoms with van der Waals surface area (Å²) in [5.74, 6) is 6.77. The van der Waals surface area contributed by atoms with E-state index in [4.69, 9.17) is 21.8 Å². The van der Waals surface area contributed by atoms with Crippen LogP contribution >= 0.6 is 0 Å². The van der Waals surface area contributed by atoms with Gasteiger partial charge in [-0.2, -0.15) is 0 Å². The number of terminal acetylenes is 1. The number of carbonyl (C=O) groups excluding carboxylic acids is 1. The fourth-order valence-electron chi connectivity index (χ4n) is 0.740. The monoisotopic (exact) mass is 216 g/mol. The lowest BCUT2D eigenvalue weighted by molar-refractivity contribution is -0.126. The van der Waals surface area contributed by atoms with E-state index in [-0.39, 0.29) is 19.1 Å². The minimum atomic E-state index is -0.273. The molecule has 0 aliphatic carbocycles. The Kier molecular flexibility index (Phi) is 10.1. The first-order chi connectivity index (χ1) is 7.31. The van der Waals surface area contributed by atoms with Crippen LogP contribution in [0.1, 0.15) is 0 Å². The lowest BCUT2D eigenvalue weighted by Crippen LogP contribution is -2.31. The molecule has 0 aliphatic heterocycles. The second-order valence-electron chi connectivity index (χ2n) is 2.53. The molecule has 0 aromatic heterocycles. The van der Waals surface area contributed by atoms with Crippen molar-refractivity contribution in [1.82, 2.24) is 5.32 Å². The van der Waals surface area contributed by atoms with Gasteiger partial charge in [0.1, 0.15) is 13.2 Å². The van der Waals surface area contributed by atoms with Crippen LogP contribution in [0, 0.1) is 12.3 Å². The summed E-state index contributed by atoms with van der Waals surface area (Å²) in [6.07, 6.45) is 4.97. The molecular weight excluding hydrogens is 200 g/mol. The van der Waals surface area contributed by atoms with Gasteiger partial charge in [0.2, 0.25) is 5.91 Å². The SMILES string of the molecule is C#CCOCCOCCNC(=O)CON. The molecular formula is C9H16N2O4. The van der Waals surface area contributed by atoms with Gasteiger partial charge in [0.05, 0.1) is 19.8 Å². The summed E-state index contributed by atoms with van der Waals surface area (Å²) in [7, 11) is 0. The first kappa shape index (κ1) is 13.9. The summed E-state index contributed by atoms with van der Waals surface area (Å²) in [6.45, 7) is 1.86. The van der Waals surface area contributed by atoms with E-state index >= 15 is 0 Å². The highest BCUT2D eigenvalue weighted by Gasteiger charge is 1.98. The second-order valence-corrected chi connectivity index (χ2v) is 2.53. The van der Waals surface area contributed by atoms with Crippen LogP contribution in [0.5, 0.6) is 0 Å². The van der Waals surface area contributed by atoms with E-state index in [1.54, 1.807) is 0 Å². The highest BCUT2D eigenvalue weighted by molar-refractivity contribution is 5.77. The third-order valence-electron chi connectivity index (χ3n) is 1.34. The van der Waals surface area contributed by atoms with Gasteiger partial charge in [-0.1, -0.05) is 5.92 Å². The summed E-state index contributed by atoms with van der Waals surface area (Å²) in [6, 6.07) is 0. The molecule has 0 radical (unpaired) electrons. The Morgan fingerprint density at radius 3 is 2.73 bits per heavy atom. The Labute approximate surface area is 89.0 Å². The number of ether oxygens (including phenoxy) is 2. The number of rotatable bonds is 9. The molecule has 0 aliphatic rings. The smallest absolute Gasteiger partial charge is 0.248 e. The zero-order chi connectivity index (χ0) is 11.4. The molecule has 15 heavy (non-hydrogen) atoms. The molecule has 6 heteroatoms. The zero-order valence-corrected chi connectivity index (χ0v) is 8.53. The number of amides is 1. The molecule has 86 valence electrons. The number of carbonyl (C=O) groups is 1. The first-order valence-electron chi connectivity index (χ1n) is 4.48. The van der Waals surface area contributed by atoms with Gasteiger partial charge in [-0.15, -0.1) is 6.42 Å². The van der Waals surface area contributed by atoms with Crippen LogP contribution in [0.4, 0.5) is 0 Å². The standard InChI is InChI=1S/C9H16N2O4/c1-2-4-13-6-7-14-5-3-11-9(12)8-15-10/h1H,3-8,10H2,(H,11,12). The summed E-state index contributed by atoms with van der Waals surface area (Å²) >= 11 is 0. The van der Waals surface area contributed by atoms with Crippen molar-refractivity contribution in [3.63, 3.8) is 0 Å². The lowest BCUT2D eigenvalue weighted by Gasteiger charge is -2.05. The molecule has 0 unspecified atom stereocenters. The molecule has 0 fully saturated rings. The third-order valence-corrected chi connectivity index (χ3v) is 1.34.